The monoisotopic (exact) mass is 242 g/mol. The summed E-state index contributed by atoms with van der Waals surface area (Å²) < 4.78 is 0. The molecule has 16 heavy (non-hydrogen) atoms. The van der Waals surface area contributed by atoms with Gasteiger partial charge in [0.25, 0.3) is 5.91 Å². The van der Waals surface area contributed by atoms with Crippen LogP contribution in [0.2, 0.25) is 0 Å². The fraction of sp³-hybridized carbons (Fsp3) is 0.600. The highest BCUT2D eigenvalue weighted by atomic mass is 32.2. The molecule has 0 spiro atoms. The van der Waals surface area contributed by atoms with E-state index in [1.54, 1.807) is 29.8 Å². The Morgan fingerprint density at radius 1 is 1.75 bits per heavy atom. The quantitative estimate of drug-likeness (QED) is 0.813. The average Bonchev–Trinajstić information content (AvgIpc) is 2.70. The molecular weight excluding hydrogens is 224 g/mol. The number of rotatable bonds is 5. The van der Waals surface area contributed by atoms with Crippen molar-refractivity contribution in [3.63, 3.8) is 0 Å². The molecule has 6 heteroatoms. The maximum atomic E-state index is 12.0. The summed E-state index contributed by atoms with van der Waals surface area (Å²) in [5.74, 6) is 1.32. The van der Waals surface area contributed by atoms with Crippen LogP contribution in [0.5, 0.6) is 0 Å². The molecule has 0 aliphatic carbocycles. The molecule has 0 saturated carbocycles. The smallest absolute Gasteiger partial charge is 0.271 e. The van der Waals surface area contributed by atoms with Gasteiger partial charge >= 0.3 is 0 Å². The van der Waals surface area contributed by atoms with Crippen LogP contribution in [0, 0.1) is 0 Å². The number of carbonyl (C=O) groups is 1. The number of H-pyrrole nitrogens is 1. The zero-order valence-electron chi connectivity index (χ0n) is 9.86. The lowest BCUT2D eigenvalue weighted by molar-refractivity contribution is 0.0735. The van der Waals surface area contributed by atoms with E-state index in [1.807, 2.05) is 6.92 Å². The van der Waals surface area contributed by atoms with Crippen molar-refractivity contribution in [1.82, 2.24) is 15.1 Å². The van der Waals surface area contributed by atoms with Crippen LogP contribution in [0.15, 0.2) is 6.07 Å². The van der Waals surface area contributed by atoms with Crippen molar-refractivity contribution in [1.29, 1.82) is 0 Å². The van der Waals surface area contributed by atoms with Gasteiger partial charge in [0, 0.05) is 19.2 Å². The van der Waals surface area contributed by atoms with E-state index < -0.39 is 0 Å². The van der Waals surface area contributed by atoms with Crippen molar-refractivity contribution in [2.24, 2.45) is 0 Å². The number of nitrogen functional groups attached to an aromatic ring is 1. The average molecular weight is 242 g/mol. The first-order valence-corrected chi connectivity index (χ1v) is 6.52. The topological polar surface area (TPSA) is 75.0 Å². The molecule has 0 aromatic carbocycles. The van der Waals surface area contributed by atoms with Crippen molar-refractivity contribution < 1.29 is 4.79 Å². The standard InChI is InChI=1S/C10H18N4OS/c1-7(4-5-16-3)14(2)10(15)8-6-9(11)13-12-8/h6-7H,4-5H2,1-3H3,(H3,11,12,13). The van der Waals surface area contributed by atoms with Crippen molar-refractivity contribution in [3.8, 4) is 0 Å². The second-order valence-electron chi connectivity index (χ2n) is 3.75. The van der Waals surface area contributed by atoms with Crippen LogP contribution in [0.1, 0.15) is 23.8 Å². The van der Waals surface area contributed by atoms with Crippen LogP contribution in [0.4, 0.5) is 5.82 Å². The number of nitrogens with two attached hydrogens (primary N) is 1. The van der Waals surface area contributed by atoms with Gasteiger partial charge in [-0.1, -0.05) is 0 Å². The summed E-state index contributed by atoms with van der Waals surface area (Å²) in [5.41, 5.74) is 5.90. The van der Waals surface area contributed by atoms with E-state index in [2.05, 4.69) is 16.5 Å². The van der Waals surface area contributed by atoms with E-state index >= 15 is 0 Å². The molecule has 0 aliphatic rings. The van der Waals surface area contributed by atoms with Crippen LogP contribution in [0.25, 0.3) is 0 Å². The van der Waals surface area contributed by atoms with Crippen molar-refractivity contribution >= 4 is 23.5 Å². The Balaban J connectivity index is 2.59. The van der Waals surface area contributed by atoms with Gasteiger partial charge < -0.3 is 10.6 Å². The van der Waals surface area contributed by atoms with E-state index in [0.29, 0.717) is 11.5 Å². The number of hydrogen-bond donors (Lipinski definition) is 2. The molecule has 1 rings (SSSR count). The zero-order valence-corrected chi connectivity index (χ0v) is 10.7. The summed E-state index contributed by atoms with van der Waals surface area (Å²) in [6, 6.07) is 1.77. The van der Waals surface area contributed by atoms with Gasteiger partial charge in [0.1, 0.15) is 11.5 Å². The van der Waals surface area contributed by atoms with Gasteiger partial charge in [-0.2, -0.15) is 16.9 Å². The second kappa shape index (κ2) is 5.79. The Morgan fingerprint density at radius 2 is 2.44 bits per heavy atom. The number of hydrogen-bond acceptors (Lipinski definition) is 4. The van der Waals surface area contributed by atoms with Gasteiger partial charge in [0.05, 0.1) is 0 Å². The fourth-order valence-corrected chi connectivity index (χ4v) is 1.90. The van der Waals surface area contributed by atoms with Gasteiger partial charge in [-0.3, -0.25) is 9.89 Å². The molecule has 0 radical (unpaired) electrons. The first-order chi connectivity index (χ1) is 7.56. The first kappa shape index (κ1) is 12.9. The highest BCUT2D eigenvalue weighted by Gasteiger charge is 2.18. The predicted molar refractivity (Wildman–Crippen MR) is 67.6 cm³/mol. The van der Waals surface area contributed by atoms with E-state index in [4.69, 9.17) is 5.73 Å². The van der Waals surface area contributed by atoms with Gasteiger partial charge in [-0.05, 0) is 25.4 Å². The number of aromatic amines is 1. The number of aromatic nitrogens is 2. The number of nitrogens with one attached hydrogen (secondary N) is 1. The van der Waals surface area contributed by atoms with E-state index in [0.717, 1.165) is 12.2 Å². The molecule has 1 amide bonds. The Bertz CT molecular complexity index is 352. The minimum atomic E-state index is -0.0715. The lowest BCUT2D eigenvalue weighted by Gasteiger charge is -2.24. The Morgan fingerprint density at radius 3 is 2.94 bits per heavy atom. The lowest BCUT2D eigenvalue weighted by Crippen LogP contribution is -2.35. The molecule has 0 aliphatic heterocycles. The summed E-state index contributed by atoms with van der Waals surface area (Å²) in [5, 5.41) is 6.37. The van der Waals surface area contributed by atoms with Crippen molar-refractivity contribution in [2.45, 2.75) is 19.4 Å². The molecule has 1 aromatic heterocycles. The third-order valence-corrected chi connectivity index (χ3v) is 3.19. The molecule has 0 saturated heterocycles. The normalized spacial score (nSPS) is 12.4. The third-order valence-electron chi connectivity index (χ3n) is 2.55. The predicted octanol–water partition coefficient (Wildman–Crippen LogP) is 1.21. The maximum Gasteiger partial charge on any atom is 0.271 e. The number of nitrogens with zero attached hydrogens (tertiary/aromatic N) is 2. The molecule has 0 bridgehead atoms. The summed E-state index contributed by atoms with van der Waals surface area (Å²) >= 11 is 1.78. The molecule has 90 valence electrons. The molecule has 3 N–H and O–H groups in total. The minimum absolute atomic E-state index is 0.0715. The number of thioether (sulfide) groups is 1. The fourth-order valence-electron chi connectivity index (χ4n) is 1.32. The summed E-state index contributed by atoms with van der Waals surface area (Å²) in [4.78, 5) is 13.7. The number of carbonyl (C=O) groups excluding carboxylic acids is 1. The van der Waals surface area contributed by atoms with Gasteiger partial charge in [-0.15, -0.1) is 0 Å². The van der Waals surface area contributed by atoms with E-state index in [1.165, 1.54) is 0 Å². The van der Waals surface area contributed by atoms with Crippen molar-refractivity contribution in [3.05, 3.63) is 11.8 Å². The lowest BCUT2D eigenvalue weighted by atomic mass is 10.2. The number of amides is 1. The van der Waals surface area contributed by atoms with Crippen LogP contribution in [-0.4, -0.2) is 46.1 Å². The Kier molecular flexibility index (Phi) is 4.67. The molecule has 1 aromatic rings. The Labute approximate surface area is 99.8 Å². The second-order valence-corrected chi connectivity index (χ2v) is 4.74. The van der Waals surface area contributed by atoms with Gasteiger partial charge in [0.2, 0.25) is 0 Å². The highest BCUT2D eigenvalue weighted by Crippen LogP contribution is 2.10. The summed E-state index contributed by atoms with van der Waals surface area (Å²) in [6.07, 6.45) is 3.04. The van der Waals surface area contributed by atoms with Gasteiger partial charge in [0.15, 0.2) is 0 Å². The number of anilines is 1. The van der Waals surface area contributed by atoms with Crippen molar-refractivity contribution in [2.75, 3.05) is 24.8 Å². The molecule has 0 fully saturated rings. The molecule has 5 nitrogen and oxygen atoms in total. The van der Waals surface area contributed by atoms with Crippen LogP contribution < -0.4 is 5.73 Å². The Hall–Kier alpha value is -1.17. The van der Waals surface area contributed by atoms with E-state index in [9.17, 15) is 4.79 Å². The summed E-state index contributed by atoms with van der Waals surface area (Å²) in [6.45, 7) is 2.04. The zero-order chi connectivity index (χ0) is 12.1. The molecule has 1 atom stereocenters. The minimum Gasteiger partial charge on any atom is -0.382 e. The van der Waals surface area contributed by atoms with E-state index in [-0.39, 0.29) is 11.9 Å². The largest absolute Gasteiger partial charge is 0.382 e. The molecule has 1 heterocycles. The summed E-state index contributed by atoms with van der Waals surface area (Å²) in [7, 11) is 1.80. The first-order valence-electron chi connectivity index (χ1n) is 5.13. The SMILES string of the molecule is CSCCC(C)N(C)C(=O)c1cc(N)n[nH]1. The third kappa shape index (κ3) is 3.16. The highest BCUT2D eigenvalue weighted by molar-refractivity contribution is 7.98. The van der Waals surface area contributed by atoms with Crippen LogP contribution in [-0.2, 0) is 0 Å². The molecule has 1 unspecified atom stereocenters. The maximum absolute atomic E-state index is 12.0. The van der Waals surface area contributed by atoms with Crippen LogP contribution >= 0.6 is 11.8 Å². The van der Waals surface area contributed by atoms with Crippen LogP contribution in [0.3, 0.4) is 0 Å². The van der Waals surface area contributed by atoms with Gasteiger partial charge in [-0.25, -0.2) is 0 Å². The molecular formula is C10H18N4OS.